The summed E-state index contributed by atoms with van der Waals surface area (Å²) < 4.78 is 0. The van der Waals surface area contributed by atoms with Crippen LogP contribution in [0, 0.1) is 11.8 Å². The van der Waals surface area contributed by atoms with Crippen LogP contribution in [0.25, 0.3) is 0 Å². The van der Waals surface area contributed by atoms with Crippen molar-refractivity contribution in [2.24, 2.45) is 11.8 Å². The zero-order valence-electron chi connectivity index (χ0n) is 11.3. The van der Waals surface area contributed by atoms with Gasteiger partial charge < -0.3 is 15.3 Å². The van der Waals surface area contributed by atoms with E-state index in [-0.39, 0.29) is 0 Å². The van der Waals surface area contributed by atoms with Crippen LogP contribution in [-0.2, 0) is 4.79 Å². The number of carbonyl (C=O) groups is 1. The highest BCUT2D eigenvalue weighted by atomic mass is 16.4. The molecule has 0 bridgehead atoms. The number of hydrogen-bond acceptors (Lipinski definition) is 3. The van der Waals surface area contributed by atoms with E-state index in [0.29, 0.717) is 24.3 Å². The molecule has 1 saturated heterocycles. The number of carboxylic acid groups (broad SMARTS) is 1. The Morgan fingerprint density at radius 2 is 2.18 bits per heavy atom. The summed E-state index contributed by atoms with van der Waals surface area (Å²) in [7, 11) is 0. The lowest BCUT2D eigenvalue weighted by molar-refractivity contribution is -0.138. The van der Waals surface area contributed by atoms with Crippen molar-refractivity contribution in [3.8, 4) is 0 Å². The van der Waals surface area contributed by atoms with Gasteiger partial charge in [-0.25, -0.2) is 0 Å². The maximum atomic E-state index is 10.8. The van der Waals surface area contributed by atoms with E-state index in [0.717, 1.165) is 32.6 Å². The summed E-state index contributed by atoms with van der Waals surface area (Å²) in [5.74, 6) is 0.265. The molecule has 1 rings (SSSR count). The highest BCUT2D eigenvalue weighted by Gasteiger charge is 2.28. The fourth-order valence-corrected chi connectivity index (χ4v) is 2.80. The Morgan fingerprint density at radius 1 is 1.47 bits per heavy atom. The van der Waals surface area contributed by atoms with Crippen molar-refractivity contribution < 1.29 is 9.90 Å². The molecule has 2 N–H and O–H groups in total. The number of likely N-dealkylation sites (N-methyl/N-ethyl adjacent to an activating group) is 1. The molecule has 4 nitrogen and oxygen atoms in total. The molecule has 0 aromatic heterocycles. The van der Waals surface area contributed by atoms with E-state index in [1.807, 2.05) is 0 Å². The van der Waals surface area contributed by atoms with Crippen LogP contribution < -0.4 is 5.32 Å². The quantitative estimate of drug-likeness (QED) is 0.739. The topological polar surface area (TPSA) is 52.6 Å². The number of likely N-dealkylation sites (tertiary alicyclic amines) is 1. The van der Waals surface area contributed by atoms with Gasteiger partial charge >= 0.3 is 5.97 Å². The number of piperidine rings is 1. The van der Waals surface area contributed by atoms with Gasteiger partial charge in [0.05, 0.1) is 0 Å². The Bertz CT molecular complexity index is 244. The van der Waals surface area contributed by atoms with Gasteiger partial charge in [-0.1, -0.05) is 20.8 Å². The van der Waals surface area contributed by atoms with Crippen LogP contribution in [0.1, 0.15) is 33.6 Å². The van der Waals surface area contributed by atoms with Gasteiger partial charge in [-0.15, -0.1) is 0 Å². The van der Waals surface area contributed by atoms with Crippen LogP contribution in [0.3, 0.4) is 0 Å². The first-order chi connectivity index (χ1) is 8.01. The van der Waals surface area contributed by atoms with Crippen molar-refractivity contribution in [3.05, 3.63) is 0 Å². The third-order valence-corrected chi connectivity index (χ3v) is 3.19. The van der Waals surface area contributed by atoms with Crippen LogP contribution in [0.5, 0.6) is 0 Å². The van der Waals surface area contributed by atoms with Crippen LogP contribution in [0.2, 0.25) is 0 Å². The minimum absolute atomic E-state index is 0.295. The Kier molecular flexibility index (Phi) is 5.92. The fraction of sp³-hybridized carbons (Fsp3) is 0.923. The molecule has 0 aliphatic carbocycles. The molecule has 0 aromatic rings. The first-order valence-corrected chi connectivity index (χ1v) is 6.68. The highest BCUT2D eigenvalue weighted by Crippen LogP contribution is 2.21. The van der Waals surface area contributed by atoms with E-state index in [4.69, 9.17) is 5.11 Å². The van der Waals surface area contributed by atoms with Gasteiger partial charge in [0.2, 0.25) is 0 Å². The molecule has 1 heterocycles. The van der Waals surface area contributed by atoms with E-state index in [2.05, 4.69) is 31.0 Å². The van der Waals surface area contributed by atoms with E-state index >= 15 is 0 Å². The summed E-state index contributed by atoms with van der Waals surface area (Å²) in [6.45, 7) is 10.5. The summed E-state index contributed by atoms with van der Waals surface area (Å²) in [4.78, 5) is 13.2. The summed E-state index contributed by atoms with van der Waals surface area (Å²) in [5.41, 5.74) is 0. The number of nitrogens with zero attached hydrogens (tertiary/aromatic N) is 1. The Balaban J connectivity index is 2.52. The zero-order chi connectivity index (χ0) is 12.8. The molecule has 1 aliphatic rings. The molecule has 17 heavy (non-hydrogen) atoms. The molecule has 0 aromatic carbocycles. The number of hydrogen-bond donors (Lipinski definition) is 2. The maximum absolute atomic E-state index is 10.8. The van der Waals surface area contributed by atoms with Crippen LogP contribution >= 0.6 is 0 Å². The summed E-state index contributed by atoms with van der Waals surface area (Å²) in [6.07, 6.45) is 1.30. The Hall–Kier alpha value is -0.610. The molecule has 2 unspecified atom stereocenters. The van der Waals surface area contributed by atoms with Crippen molar-refractivity contribution in [1.82, 2.24) is 10.2 Å². The van der Waals surface area contributed by atoms with Gasteiger partial charge in [-0.2, -0.15) is 0 Å². The zero-order valence-corrected chi connectivity index (χ0v) is 11.3. The second-order valence-corrected chi connectivity index (χ2v) is 5.57. The molecular formula is C13H26N2O2. The average molecular weight is 242 g/mol. The van der Waals surface area contributed by atoms with Crippen LogP contribution in [-0.4, -0.2) is 48.2 Å². The second kappa shape index (κ2) is 6.97. The molecule has 0 amide bonds. The second-order valence-electron chi connectivity index (χ2n) is 5.57. The van der Waals surface area contributed by atoms with Gasteiger partial charge in [-0.05, 0) is 24.8 Å². The third-order valence-electron chi connectivity index (χ3n) is 3.19. The van der Waals surface area contributed by atoms with Gasteiger partial charge in [0, 0.05) is 32.1 Å². The van der Waals surface area contributed by atoms with Gasteiger partial charge in [-0.3, -0.25) is 4.79 Å². The summed E-state index contributed by atoms with van der Waals surface area (Å²) in [6, 6.07) is 0.455. The number of rotatable bonds is 6. The predicted octanol–water partition coefficient (Wildman–Crippen LogP) is 1.42. The summed E-state index contributed by atoms with van der Waals surface area (Å²) >= 11 is 0. The smallest absolute Gasteiger partial charge is 0.303 e. The molecule has 1 aliphatic heterocycles. The van der Waals surface area contributed by atoms with Gasteiger partial charge in [0.1, 0.15) is 0 Å². The third kappa shape index (κ3) is 5.50. The van der Waals surface area contributed by atoms with E-state index < -0.39 is 5.97 Å². The first-order valence-electron chi connectivity index (χ1n) is 6.68. The molecule has 4 heteroatoms. The Morgan fingerprint density at radius 3 is 2.71 bits per heavy atom. The Labute approximate surface area is 104 Å². The molecular weight excluding hydrogens is 216 g/mol. The molecule has 0 saturated carbocycles. The van der Waals surface area contributed by atoms with Crippen molar-refractivity contribution in [2.45, 2.75) is 39.7 Å². The number of carboxylic acids is 1. The van der Waals surface area contributed by atoms with Crippen molar-refractivity contribution in [3.63, 3.8) is 0 Å². The molecule has 2 atom stereocenters. The van der Waals surface area contributed by atoms with E-state index in [1.54, 1.807) is 0 Å². The highest BCUT2D eigenvalue weighted by molar-refractivity contribution is 5.67. The lowest BCUT2D eigenvalue weighted by atomic mass is 9.91. The van der Waals surface area contributed by atoms with Gasteiger partial charge in [0.15, 0.2) is 0 Å². The SMILES string of the molecule is CCNC1CC(CC(=O)O)CN(CC(C)C)C1. The van der Waals surface area contributed by atoms with Crippen molar-refractivity contribution in [1.29, 1.82) is 0 Å². The van der Waals surface area contributed by atoms with Crippen molar-refractivity contribution >= 4 is 5.97 Å². The molecule has 100 valence electrons. The van der Waals surface area contributed by atoms with Gasteiger partial charge in [0.25, 0.3) is 0 Å². The largest absolute Gasteiger partial charge is 0.481 e. The predicted molar refractivity (Wildman–Crippen MR) is 69.1 cm³/mol. The monoisotopic (exact) mass is 242 g/mol. The molecule has 1 fully saturated rings. The number of nitrogens with one attached hydrogen (secondary N) is 1. The standard InChI is InChI=1S/C13H26N2O2/c1-4-14-12-5-11(6-13(16)17)8-15(9-12)7-10(2)3/h10-12,14H,4-9H2,1-3H3,(H,16,17). The molecule has 0 spiro atoms. The summed E-state index contributed by atoms with van der Waals surface area (Å²) in [5, 5.41) is 12.4. The lowest BCUT2D eigenvalue weighted by Gasteiger charge is -2.38. The average Bonchev–Trinajstić information content (AvgIpc) is 2.14. The fourth-order valence-electron chi connectivity index (χ4n) is 2.80. The lowest BCUT2D eigenvalue weighted by Crippen LogP contribution is -2.50. The van der Waals surface area contributed by atoms with Crippen LogP contribution in [0.15, 0.2) is 0 Å². The van der Waals surface area contributed by atoms with E-state index in [9.17, 15) is 4.79 Å². The number of aliphatic carboxylic acids is 1. The molecule has 0 radical (unpaired) electrons. The van der Waals surface area contributed by atoms with Crippen LogP contribution in [0.4, 0.5) is 0 Å². The minimum Gasteiger partial charge on any atom is -0.481 e. The minimum atomic E-state index is -0.670. The van der Waals surface area contributed by atoms with Crippen molar-refractivity contribution in [2.75, 3.05) is 26.2 Å². The first kappa shape index (κ1) is 14.5. The maximum Gasteiger partial charge on any atom is 0.303 e. The normalized spacial score (nSPS) is 26.4. The van der Waals surface area contributed by atoms with E-state index in [1.165, 1.54) is 0 Å².